The summed E-state index contributed by atoms with van der Waals surface area (Å²) in [4.78, 5) is 16.4. The molecule has 0 saturated carbocycles. The van der Waals surface area contributed by atoms with Gasteiger partial charge in [-0.2, -0.15) is 0 Å². The summed E-state index contributed by atoms with van der Waals surface area (Å²) in [6.45, 7) is 2.62. The van der Waals surface area contributed by atoms with Crippen molar-refractivity contribution in [3.63, 3.8) is 0 Å². The molecular weight excluding hydrogens is 226 g/mol. The van der Waals surface area contributed by atoms with Gasteiger partial charge < -0.3 is 4.74 Å². The lowest BCUT2D eigenvalue weighted by Gasteiger charge is -2.09. The van der Waals surface area contributed by atoms with Crippen molar-refractivity contribution in [3.05, 3.63) is 42.1 Å². The van der Waals surface area contributed by atoms with Gasteiger partial charge in [-0.15, -0.1) is 0 Å². The highest BCUT2D eigenvalue weighted by molar-refractivity contribution is 5.99. The highest BCUT2D eigenvalue weighted by Gasteiger charge is 2.11. The number of nitrogens with zero attached hydrogens (tertiary/aromatic N) is 1. The maximum Gasteiger partial charge on any atom is 0.163 e. The zero-order chi connectivity index (χ0) is 13.0. The smallest absolute Gasteiger partial charge is 0.163 e. The van der Waals surface area contributed by atoms with Crippen LogP contribution in [0.25, 0.3) is 10.9 Å². The Hall–Kier alpha value is -1.74. The highest BCUT2D eigenvalue weighted by atomic mass is 16.5. The molecule has 0 saturated heterocycles. The molecule has 1 heterocycles. The number of hydrogen-bond donors (Lipinski definition) is 0. The average molecular weight is 243 g/mol. The Kier molecular flexibility index (Phi) is 4.05. The largest absolute Gasteiger partial charge is 0.384 e. The molecule has 0 aliphatic heterocycles. The number of rotatable bonds is 5. The lowest BCUT2D eigenvalue weighted by molar-refractivity contribution is 0.0920. The second-order valence-corrected chi connectivity index (χ2v) is 4.60. The van der Waals surface area contributed by atoms with Gasteiger partial charge in [-0.3, -0.25) is 9.78 Å². The van der Waals surface area contributed by atoms with E-state index in [-0.39, 0.29) is 11.7 Å². The number of methoxy groups -OCH3 is 1. The third-order valence-electron chi connectivity index (χ3n) is 2.91. The molecule has 2 rings (SSSR count). The predicted molar refractivity (Wildman–Crippen MR) is 71.7 cm³/mol. The first kappa shape index (κ1) is 12.7. The van der Waals surface area contributed by atoms with E-state index >= 15 is 0 Å². The normalized spacial score (nSPS) is 12.6. The third-order valence-corrected chi connectivity index (χ3v) is 2.91. The van der Waals surface area contributed by atoms with Gasteiger partial charge in [-0.25, -0.2) is 0 Å². The molecule has 0 radical (unpaired) electrons. The minimum absolute atomic E-state index is 0.145. The number of ketones is 1. The number of Topliss-reactive ketones (excluding diaryl/α,β-unsaturated/α-hetero) is 1. The van der Waals surface area contributed by atoms with Crippen LogP contribution in [0.15, 0.2) is 36.5 Å². The molecule has 0 aliphatic rings. The molecule has 0 N–H and O–H groups in total. The first-order valence-corrected chi connectivity index (χ1v) is 6.07. The molecular formula is C15H17NO2. The van der Waals surface area contributed by atoms with Crippen LogP contribution in [0, 0.1) is 5.92 Å². The standard InChI is InChI=1S/C15H17NO2/c1-11(10-18-2)8-15(17)13-6-5-12-4-3-7-16-14(12)9-13/h3-7,9,11H,8,10H2,1-2H3. The van der Waals surface area contributed by atoms with E-state index in [1.165, 1.54) is 0 Å². The maximum atomic E-state index is 12.1. The van der Waals surface area contributed by atoms with Crippen LogP contribution in [0.2, 0.25) is 0 Å². The van der Waals surface area contributed by atoms with Crippen molar-refractivity contribution in [1.29, 1.82) is 0 Å². The van der Waals surface area contributed by atoms with E-state index in [1.54, 1.807) is 13.3 Å². The van der Waals surface area contributed by atoms with Crippen molar-refractivity contribution in [2.24, 2.45) is 5.92 Å². The lowest BCUT2D eigenvalue weighted by Crippen LogP contribution is -2.10. The first-order valence-electron chi connectivity index (χ1n) is 6.07. The number of benzene rings is 1. The molecule has 0 fully saturated rings. The minimum Gasteiger partial charge on any atom is -0.384 e. The van der Waals surface area contributed by atoms with Crippen LogP contribution in [0.3, 0.4) is 0 Å². The zero-order valence-electron chi connectivity index (χ0n) is 10.7. The van der Waals surface area contributed by atoms with Crippen LogP contribution in [0.5, 0.6) is 0 Å². The van der Waals surface area contributed by atoms with Gasteiger partial charge in [0.25, 0.3) is 0 Å². The number of carbonyl (C=O) groups excluding carboxylic acids is 1. The van der Waals surface area contributed by atoms with E-state index in [0.29, 0.717) is 13.0 Å². The quantitative estimate of drug-likeness (QED) is 0.757. The second kappa shape index (κ2) is 5.74. The summed E-state index contributed by atoms with van der Waals surface area (Å²) in [5, 5.41) is 1.05. The molecule has 2 aromatic rings. The van der Waals surface area contributed by atoms with Gasteiger partial charge >= 0.3 is 0 Å². The summed E-state index contributed by atoms with van der Waals surface area (Å²) in [6.07, 6.45) is 2.25. The van der Waals surface area contributed by atoms with Crippen molar-refractivity contribution in [1.82, 2.24) is 4.98 Å². The van der Waals surface area contributed by atoms with Crippen LogP contribution >= 0.6 is 0 Å². The number of ether oxygens (including phenoxy) is 1. The molecule has 1 aromatic heterocycles. The predicted octanol–water partition coefficient (Wildman–Crippen LogP) is 3.09. The molecule has 0 bridgehead atoms. The van der Waals surface area contributed by atoms with Crippen molar-refractivity contribution in [3.8, 4) is 0 Å². The molecule has 3 nitrogen and oxygen atoms in total. The highest BCUT2D eigenvalue weighted by Crippen LogP contribution is 2.16. The molecule has 18 heavy (non-hydrogen) atoms. The van der Waals surface area contributed by atoms with Gasteiger partial charge in [0, 0.05) is 37.3 Å². The molecule has 0 spiro atoms. The van der Waals surface area contributed by atoms with Gasteiger partial charge in [0.15, 0.2) is 5.78 Å². The SMILES string of the molecule is COCC(C)CC(=O)c1ccc2cccnc2c1. The fourth-order valence-electron chi connectivity index (χ4n) is 2.02. The Morgan fingerprint density at radius 2 is 2.22 bits per heavy atom. The number of hydrogen-bond acceptors (Lipinski definition) is 3. The van der Waals surface area contributed by atoms with Crippen LogP contribution in [-0.2, 0) is 4.74 Å². The van der Waals surface area contributed by atoms with E-state index in [0.717, 1.165) is 16.5 Å². The number of carbonyl (C=O) groups is 1. The summed E-state index contributed by atoms with van der Waals surface area (Å²) in [6, 6.07) is 9.55. The molecule has 1 atom stereocenters. The molecule has 94 valence electrons. The van der Waals surface area contributed by atoms with E-state index in [9.17, 15) is 4.79 Å². The summed E-state index contributed by atoms with van der Waals surface area (Å²) >= 11 is 0. The van der Waals surface area contributed by atoms with Gasteiger partial charge in [-0.1, -0.05) is 25.1 Å². The van der Waals surface area contributed by atoms with Gasteiger partial charge in [-0.05, 0) is 18.1 Å². The maximum absolute atomic E-state index is 12.1. The van der Waals surface area contributed by atoms with Crippen LogP contribution in [-0.4, -0.2) is 24.5 Å². The zero-order valence-corrected chi connectivity index (χ0v) is 10.7. The van der Waals surface area contributed by atoms with Crippen molar-refractivity contribution < 1.29 is 9.53 Å². The third kappa shape index (κ3) is 2.93. The Bertz CT molecular complexity index is 551. The first-order chi connectivity index (χ1) is 8.70. The fraction of sp³-hybridized carbons (Fsp3) is 0.333. The van der Waals surface area contributed by atoms with E-state index < -0.39 is 0 Å². The van der Waals surface area contributed by atoms with Crippen molar-refractivity contribution in [2.45, 2.75) is 13.3 Å². The second-order valence-electron chi connectivity index (χ2n) is 4.60. The van der Waals surface area contributed by atoms with E-state index in [4.69, 9.17) is 4.74 Å². The number of fused-ring (bicyclic) bond motifs is 1. The van der Waals surface area contributed by atoms with Gasteiger partial charge in [0.05, 0.1) is 5.52 Å². The number of aromatic nitrogens is 1. The Morgan fingerprint density at radius 1 is 1.39 bits per heavy atom. The summed E-state index contributed by atoms with van der Waals surface area (Å²) in [7, 11) is 1.65. The van der Waals surface area contributed by atoms with Gasteiger partial charge in [0.1, 0.15) is 0 Å². The minimum atomic E-state index is 0.145. The van der Waals surface area contributed by atoms with Crippen molar-refractivity contribution >= 4 is 16.7 Å². The van der Waals surface area contributed by atoms with E-state index in [2.05, 4.69) is 4.98 Å². The Labute approximate surface area is 107 Å². The topological polar surface area (TPSA) is 39.2 Å². The van der Waals surface area contributed by atoms with Crippen LogP contribution in [0.4, 0.5) is 0 Å². The molecule has 0 amide bonds. The fourth-order valence-corrected chi connectivity index (χ4v) is 2.02. The molecule has 1 unspecified atom stereocenters. The monoisotopic (exact) mass is 243 g/mol. The lowest BCUT2D eigenvalue weighted by atomic mass is 9.99. The number of pyridine rings is 1. The average Bonchev–Trinajstić information content (AvgIpc) is 2.38. The molecule has 1 aromatic carbocycles. The van der Waals surface area contributed by atoms with Crippen LogP contribution < -0.4 is 0 Å². The van der Waals surface area contributed by atoms with E-state index in [1.807, 2.05) is 37.3 Å². The Balaban J connectivity index is 2.17. The molecule has 3 heteroatoms. The van der Waals surface area contributed by atoms with Crippen LogP contribution in [0.1, 0.15) is 23.7 Å². The summed E-state index contributed by atoms with van der Waals surface area (Å²) in [5.41, 5.74) is 1.59. The van der Waals surface area contributed by atoms with Gasteiger partial charge in [0.2, 0.25) is 0 Å². The summed E-state index contributed by atoms with van der Waals surface area (Å²) in [5.74, 6) is 0.383. The Morgan fingerprint density at radius 3 is 3.00 bits per heavy atom. The molecule has 0 aliphatic carbocycles. The van der Waals surface area contributed by atoms with Crippen molar-refractivity contribution in [2.75, 3.05) is 13.7 Å². The summed E-state index contributed by atoms with van der Waals surface area (Å²) < 4.78 is 5.05.